The molecular weight excluding hydrogens is 617 g/mol. The number of hydrogen-bond acceptors (Lipinski definition) is 1. The van der Waals surface area contributed by atoms with Crippen molar-refractivity contribution in [2.45, 2.75) is 23.3 Å². The number of fused-ring (bicyclic) bond motifs is 16. The molecule has 2 heterocycles. The van der Waals surface area contributed by atoms with Gasteiger partial charge in [-0.1, -0.05) is 146 Å². The first-order valence-electron chi connectivity index (χ1n) is 18.3. The molecule has 0 N–H and O–H groups in total. The molecule has 0 bridgehead atoms. The van der Waals surface area contributed by atoms with Crippen LogP contribution in [0.4, 0.5) is 11.4 Å². The lowest BCUT2D eigenvalue weighted by atomic mass is 9.65. The summed E-state index contributed by atoms with van der Waals surface area (Å²) >= 11 is 0. The fourth-order valence-electron chi connectivity index (χ4n) is 10.7. The largest absolute Gasteiger partial charge is 0.333 e. The van der Waals surface area contributed by atoms with E-state index in [4.69, 9.17) is 0 Å². The second kappa shape index (κ2) is 9.99. The molecule has 2 heteroatoms. The second-order valence-corrected chi connectivity index (χ2v) is 14.8. The van der Waals surface area contributed by atoms with Gasteiger partial charge in [-0.25, -0.2) is 0 Å². The van der Waals surface area contributed by atoms with Crippen LogP contribution < -0.4 is 15.5 Å². The smallest absolute Gasteiger partial charge is 0.0629 e. The maximum atomic E-state index is 2.66. The second-order valence-electron chi connectivity index (χ2n) is 14.8. The molecular formula is C49H34N2. The molecule has 4 atom stereocenters. The molecule has 0 fully saturated rings. The summed E-state index contributed by atoms with van der Waals surface area (Å²) in [6.07, 6.45) is 14.5. The van der Waals surface area contributed by atoms with Gasteiger partial charge in [0.25, 0.3) is 0 Å². The summed E-state index contributed by atoms with van der Waals surface area (Å²) in [5.74, 6) is 0.794. The van der Waals surface area contributed by atoms with Crippen molar-refractivity contribution in [3.8, 4) is 16.8 Å². The van der Waals surface area contributed by atoms with Crippen LogP contribution in [0.3, 0.4) is 0 Å². The van der Waals surface area contributed by atoms with Gasteiger partial charge in [-0.2, -0.15) is 0 Å². The van der Waals surface area contributed by atoms with Crippen molar-refractivity contribution in [1.82, 2.24) is 4.57 Å². The molecule has 240 valence electrons. The van der Waals surface area contributed by atoms with Crippen LogP contribution in [0.25, 0.3) is 39.9 Å². The van der Waals surface area contributed by atoms with Gasteiger partial charge >= 0.3 is 0 Å². The lowest BCUT2D eigenvalue weighted by Crippen LogP contribution is -2.40. The number of hydrogen-bond donors (Lipinski definition) is 0. The standard InChI is InChI=1S/C49H34N2/c1-2-14-31(15-3-1)50-45-24-12-7-19-36(45)39-28-32(26-27-47(39)50)51-46-25-13-8-20-37(46)40-29-38-35-18-6-11-23-43(35)49(44(38)30-48(40)51)41-21-9-4-16-33(41)34-17-5-10-22-42(34)49/h1-30,36,38,44-45H. The van der Waals surface area contributed by atoms with Gasteiger partial charge in [0.2, 0.25) is 0 Å². The Bertz CT molecular complexity index is 2750. The van der Waals surface area contributed by atoms with Gasteiger partial charge in [-0.3, -0.25) is 0 Å². The van der Waals surface area contributed by atoms with Gasteiger partial charge in [0.1, 0.15) is 0 Å². The topological polar surface area (TPSA) is 8.17 Å². The summed E-state index contributed by atoms with van der Waals surface area (Å²) in [6.45, 7) is 0. The number of rotatable bonds is 2. The molecule has 0 radical (unpaired) electrons. The Kier molecular flexibility index (Phi) is 5.42. The van der Waals surface area contributed by atoms with Gasteiger partial charge in [0.15, 0.2) is 0 Å². The monoisotopic (exact) mass is 650 g/mol. The summed E-state index contributed by atoms with van der Waals surface area (Å²) < 4.78 is 2.56. The third kappa shape index (κ3) is 3.43. The first kappa shape index (κ1) is 27.7. The molecule has 0 saturated heterocycles. The van der Waals surface area contributed by atoms with Crippen molar-refractivity contribution < 1.29 is 0 Å². The first-order chi connectivity index (χ1) is 25.3. The molecule has 1 aliphatic heterocycles. The average molecular weight is 651 g/mol. The Morgan fingerprint density at radius 1 is 0.510 bits per heavy atom. The van der Waals surface area contributed by atoms with Crippen LogP contribution in [0.5, 0.6) is 0 Å². The minimum atomic E-state index is -0.259. The van der Waals surface area contributed by atoms with Crippen molar-refractivity contribution in [2.24, 2.45) is 5.92 Å². The van der Waals surface area contributed by atoms with E-state index < -0.39 is 0 Å². The Balaban J connectivity index is 1.13. The third-order valence-electron chi connectivity index (χ3n) is 12.6. The number of aromatic nitrogens is 1. The molecule has 6 aromatic carbocycles. The Morgan fingerprint density at radius 2 is 1.20 bits per heavy atom. The van der Waals surface area contributed by atoms with Gasteiger partial charge in [-0.05, 0) is 75.3 Å². The van der Waals surface area contributed by atoms with E-state index in [1.54, 1.807) is 0 Å². The van der Waals surface area contributed by atoms with E-state index >= 15 is 0 Å². The fourth-order valence-corrected chi connectivity index (χ4v) is 10.7. The molecule has 5 aliphatic rings. The summed E-state index contributed by atoms with van der Waals surface area (Å²) in [5.41, 5.74) is 14.7. The Morgan fingerprint density at radius 3 is 2.02 bits per heavy atom. The third-order valence-corrected chi connectivity index (χ3v) is 12.6. The maximum absolute atomic E-state index is 2.66. The number of para-hydroxylation sites is 2. The number of allylic oxidation sites excluding steroid dienone is 2. The van der Waals surface area contributed by atoms with E-state index in [9.17, 15) is 0 Å². The molecule has 0 saturated carbocycles. The maximum Gasteiger partial charge on any atom is 0.0629 e. The Hall–Kier alpha value is -6.12. The predicted molar refractivity (Wildman–Crippen MR) is 209 cm³/mol. The van der Waals surface area contributed by atoms with E-state index in [1.807, 2.05) is 0 Å². The molecule has 4 aliphatic carbocycles. The van der Waals surface area contributed by atoms with E-state index in [0.717, 1.165) is 0 Å². The summed E-state index contributed by atoms with van der Waals surface area (Å²) in [5, 5.41) is 3.97. The SMILES string of the molecule is C1=CC2c3cc(-n4c5c(c6ccccc64)=CC4c6ccccc6C6(c7ccccc7-c7ccccc76)C4C=5)ccc3N(c3ccccc3)C2C=C1. The van der Waals surface area contributed by atoms with Crippen LogP contribution in [0, 0.1) is 5.92 Å². The molecule has 4 unspecified atom stereocenters. The van der Waals surface area contributed by atoms with E-state index in [-0.39, 0.29) is 23.3 Å². The minimum absolute atomic E-state index is 0.231. The zero-order valence-electron chi connectivity index (χ0n) is 28.0. The van der Waals surface area contributed by atoms with Crippen molar-refractivity contribution in [3.63, 3.8) is 0 Å². The highest BCUT2D eigenvalue weighted by Gasteiger charge is 2.57. The minimum Gasteiger partial charge on any atom is -0.333 e. The number of anilines is 2. The highest BCUT2D eigenvalue weighted by Crippen LogP contribution is 2.65. The first-order valence-corrected chi connectivity index (χ1v) is 18.3. The highest BCUT2D eigenvalue weighted by atomic mass is 15.2. The zero-order valence-corrected chi connectivity index (χ0v) is 28.0. The van der Waals surface area contributed by atoms with Gasteiger partial charge in [-0.15, -0.1) is 0 Å². The number of benzene rings is 6. The van der Waals surface area contributed by atoms with Crippen LogP contribution in [0.2, 0.25) is 0 Å². The number of nitrogens with zero attached hydrogens (tertiary/aromatic N) is 2. The van der Waals surface area contributed by atoms with Crippen LogP contribution >= 0.6 is 0 Å². The quantitative estimate of drug-likeness (QED) is 0.181. The molecule has 51 heavy (non-hydrogen) atoms. The summed E-state index contributed by atoms with van der Waals surface area (Å²) in [7, 11) is 0. The van der Waals surface area contributed by atoms with Crippen LogP contribution in [-0.2, 0) is 5.41 Å². The molecule has 7 aromatic rings. The normalized spacial score (nSPS) is 22.0. The van der Waals surface area contributed by atoms with Gasteiger partial charge in [0, 0.05) is 45.4 Å². The predicted octanol–water partition coefficient (Wildman–Crippen LogP) is 9.66. The lowest BCUT2D eigenvalue weighted by molar-refractivity contribution is 0.499. The summed E-state index contributed by atoms with van der Waals surface area (Å²) in [4.78, 5) is 2.52. The van der Waals surface area contributed by atoms with Crippen molar-refractivity contribution in [2.75, 3.05) is 4.90 Å². The van der Waals surface area contributed by atoms with Crippen molar-refractivity contribution >= 4 is 34.4 Å². The van der Waals surface area contributed by atoms with Gasteiger partial charge < -0.3 is 9.47 Å². The molecule has 1 aromatic heterocycles. The summed E-state index contributed by atoms with van der Waals surface area (Å²) in [6, 6.07) is 55.0. The lowest BCUT2D eigenvalue weighted by Gasteiger charge is -2.36. The van der Waals surface area contributed by atoms with Crippen molar-refractivity contribution in [3.05, 3.63) is 208 Å². The molecule has 12 rings (SSSR count). The fraction of sp³-hybridized carbons (Fsp3) is 0.102. The zero-order chi connectivity index (χ0) is 33.3. The Labute approximate surface area is 297 Å². The van der Waals surface area contributed by atoms with E-state index in [2.05, 4.69) is 192 Å². The molecule has 0 amide bonds. The van der Waals surface area contributed by atoms with E-state index in [1.165, 1.54) is 77.5 Å². The van der Waals surface area contributed by atoms with Crippen LogP contribution in [0.1, 0.15) is 39.7 Å². The van der Waals surface area contributed by atoms with Crippen LogP contribution in [-0.4, -0.2) is 10.6 Å². The van der Waals surface area contributed by atoms with Crippen molar-refractivity contribution in [1.29, 1.82) is 0 Å². The van der Waals surface area contributed by atoms with Crippen LogP contribution in [0.15, 0.2) is 170 Å². The van der Waals surface area contributed by atoms with E-state index in [0.29, 0.717) is 5.92 Å². The highest BCUT2D eigenvalue weighted by molar-refractivity contribution is 5.90. The molecule has 1 spiro atoms. The molecule has 2 nitrogen and oxygen atoms in total. The average Bonchev–Trinajstić information content (AvgIpc) is 3.89. The van der Waals surface area contributed by atoms with Gasteiger partial charge in [0.05, 0.1) is 22.3 Å².